The Morgan fingerprint density at radius 3 is 2.19 bits per heavy atom. The average molecular weight is 349 g/mol. The van der Waals surface area contributed by atoms with Gasteiger partial charge in [0.1, 0.15) is 0 Å². The first-order valence-corrected chi connectivity index (χ1v) is 8.44. The normalized spacial score (nSPS) is 10.7. The number of nitriles is 1. The van der Waals surface area contributed by atoms with Gasteiger partial charge in [-0.15, -0.1) is 0 Å². The van der Waals surface area contributed by atoms with Crippen molar-refractivity contribution in [3.05, 3.63) is 65.2 Å². The average Bonchev–Trinajstić information content (AvgIpc) is 2.62. The molecule has 2 aromatic carbocycles. The molecule has 2 rings (SSSR count). The van der Waals surface area contributed by atoms with Gasteiger partial charge in [0.15, 0.2) is 0 Å². The first-order chi connectivity index (χ1) is 12.3. The highest BCUT2D eigenvalue weighted by atomic mass is 16.2. The van der Waals surface area contributed by atoms with E-state index in [4.69, 9.17) is 5.26 Å². The highest BCUT2D eigenvalue weighted by molar-refractivity contribution is 6.39. The lowest BCUT2D eigenvalue weighted by atomic mass is 9.84. The molecule has 0 aliphatic heterocycles. The number of nitrogens with one attached hydrogen (secondary N) is 2. The topological polar surface area (TPSA) is 82.0 Å². The van der Waals surface area contributed by atoms with Crippen molar-refractivity contribution >= 4 is 17.5 Å². The quantitative estimate of drug-likeness (QED) is 0.814. The van der Waals surface area contributed by atoms with E-state index in [1.807, 2.05) is 45.0 Å². The van der Waals surface area contributed by atoms with Crippen LogP contribution in [-0.4, -0.2) is 18.4 Å². The van der Waals surface area contributed by atoms with Gasteiger partial charge in [0.05, 0.1) is 12.5 Å². The minimum Gasteiger partial charge on any atom is -0.347 e. The van der Waals surface area contributed by atoms with Crippen LogP contribution in [0.15, 0.2) is 48.5 Å². The van der Waals surface area contributed by atoms with Crippen LogP contribution in [0.5, 0.6) is 0 Å². The summed E-state index contributed by atoms with van der Waals surface area (Å²) in [5, 5.41) is 13.9. The lowest BCUT2D eigenvalue weighted by Gasteiger charge is -2.25. The molecule has 0 heterocycles. The molecule has 0 spiro atoms. The summed E-state index contributed by atoms with van der Waals surface area (Å²) in [6, 6.07) is 17.0. The number of nitrogens with zero attached hydrogens (tertiary/aromatic N) is 1. The van der Waals surface area contributed by atoms with E-state index < -0.39 is 11.8 Å². The van der Waals surface area contributed by atoms with Gasteiger partial charge < -0.3 is 10.6 Å². The molecule has 0 aromatic heterocycles. The molecule has 0 saturated carbocycles. The Morgan fingerprint density at radius 1 is 1.00 bits per heavy atom. The maximum atomic E-state index is 12.1. The van der Waals surface area contributed by atoms with Crippen LogP contribution in [0.1, 0.15) is 30.5 Å². The van der Waals surface area contributed by atoms with Gasteiger partial charge >= 0.3 is 11.8 Å². The number of amides is 2. The second kappa shape index (κ2) is 8.30. The minimum absolute atomic E-state index is 0.289. The predicted octanol–water partition coefficient (Wildman–Crippen LogP) is 3.09. The fourth-order valence-electron chi connectivity index (χ4n) is 2.47. The van der Waals surface area contributed by atoms with Crippen LogP contribution in [0.2, 0.25) is 0 Å². The van der Waals surface area contributed by atoms with E-state index in [-0.39, 0.29) is 5.41 Å². The Balaban J connectivity index is 1.91. The summed E-state index contributed by atoms with van der Waals surface area (Å²) in [5.74, 6) is -1.39. The SMILES string of the molecule is Cc1ccc(C(C)(C)CNC(=O)C(=O)Nc2ccc(CC#N)cc2)cc1. The molecule has 0 fully saturated rings. The number of benzene rings is 2. The molecule has 2 aromatic rings. The Labute approximate surface area is 154 Å². The van der Waals surface area contributed by atoms with Gasteiger partial charge in [-0.05, 0) is 30.2 Å². The summed E-state index contributed by atoms with van der Waals surface area (Å²) in [6.45, 7) is 6.41. The van der Waals surface area contributed by atoms with Crippen LogP contribution in [0.25, 0.3) is 0 Å². The van der Waals surface area contributed by atoms with Crippen LogP contribution in [0.3, 0.4) is 0 Å². The summed E-state index contributed by atoms with van der Waals surface area (Å²) in [6.07, 6.45) is 0.308. The molecule has 2 N–H and O–H groups in total. The van der Waals surface area contributed by atoms with E-state index >= 15 is 0 Å². The first kappa shape index (κ1) is 19.2. The third-order valence-electron chi connectivity index (χ3n) is 4.23. The van der Waals surface area contributed by atoms with E-state index in [1.165, 1.54) is 5.56 Å². The Hall–Kier alpha value is -3.13. The minimum atomic E-state index is -0.710. The molecule has 0 bridgehead atoms. The summed E-state index contributed by atoms with van der Waals surface area (Å²) in [4.78, 5) is 24.1. The predicted molar refractivity (Wildman–Crippen MR) is 102 cm³/mol. The Kier molecular flexibility index (Phi) is 6.13. The van der Waals surface area contributed by atoms with Crippen LogP contribution in [-0.2, 0) is 21.4 Å². The Bertz CT molecular complexity index is 816. The Morgan fingerprint density at radius 2 is 1.62 bits per heavy atom. The standard InChI is InChI=1S/C21H23N3O2/c1-15-4-8-17(9-5-15)21(2,3)14-23-19(25)20(26)24-18-10-6-16(7-11-18)12-13-22/h4-11H,12,14H2,1-3H3,(H,23,25)(H,24,26). The van der Waals surface area contributed by atoms with E-state index in [9.17, 15) is 9.59 Å². The number of carbonyl (C=O) groups is 2. The number of hydrogen-bond acceptors (Lipinski definition) is 3. The molecule has 5 heteroatoms. The van der Waals surface area contributed by atoms with Crippen LogP contribution in [0, 0.1) is 18.3 Å². The fraction of sp³-hybridized carbons (Fsp3) is 0.286. The first-order valence-electron chi connectivity index (χ1n) is 8.44. The zero-order valence-corrected chi connectivity index (χ0v) is 15.3. The monoisotopic (exact) mass is 349 g/mol. The van der Waals surface area contributed by atoms with Gasteiger partial charge in [0.2, 0.25) is 0 Å². The molecular weight excluding hydrogens is 326 g/mol. The van der Waals surface area contributed by atoms with E-state index in [2.05, 4.69) is 16.7 Å². The van der Waals surface area contributed by atoms with Crippen molar-refractivity contribution in [2.75, 3.05) is 11.9 Å². The van der Waals surface area contributed by atoms with Gasteiger partial charge in [0, 0.05) is 17.6 Å². The van der Waals surface area contributed by atoms with Crippen molar-refractivity contribution < 1.29 is 9.59 Å². The smallest absolute Gasteiger partial charge is 0.313 e. The molecule has 134 valence electrons. The zero-order chi connectivity index (χ0) is 19.2. The van der Waals surface area contributed by atoms with Crippen molar-refractivity contribution in [3.63, 3.8) is 0 Å². The van der Waals surface area contributed by atoms with Crippen LogP contribution < -0.4 is 10.6 Å². The number of rotatable bonds is 5. The maximum Gasteiger partial charge on any atom is 0.313 e. The van der Waals surface area contributed by atoms with E-state index in [0.29, 0.717) is 18.7 Å². The molecule has 0 atom stereocenters. The lowest BCUT2D eigenvalue weighted by molar-refractivity contribution is -0.136. The molecule has 0 unspecified atom stereocenters. The number of carbonyl (C=O) groups excluding carboxylic acids is 2. The third-order valence-corrected chi connectivity index (χ3v) is 4.23. The number of aryl methyl sites for hydroxylation is 1. The van der Waals surface area contributed by atoms with E-state index in [1.54, 1.807) is 24.3 Å². The maximum absolute atomic E-state index is 12.1. The molecule has 5 nitrogen and oxygen atoms in total. The van der Waals surface area contributed by atoms with Crippen molar-refractivity contribution in [1.29, 1.82) is 5.26 Å². The van der Waals surface area contributed by atoms with Gasteiger partial charge in [-0.2, -0.15) is 5.26 Å². The molecule has 26 heavy (non-hydrogen) atoms. The molecule has 0 aliphatic carbocycles. The second-order valence-corrected chi connectivity index (χ2v) is 6.92. The number of hydrogen-bond donors (Lipinski definition) is 2. The summed E-state index contributed by atoms with van der Waals surface area (Å²) in [5.41, 5.74) is 3.35. The van der Waals surface area contributed by atoms with Gasteiger partial charge in [-0.3, -0.25) is 9.59 Å². The number of anilines is 1. The highest BCUT2D eigenvalue weighted by Gasteiger charge is 2.23. The zero-order valence-electron chi connectivity index (χ0n) is 15.3. The highest BCUT2D eigenvalue weighted by Crippen LogP contribution is 2.22. The van der Waals surface area contributed by atoms with Crippen molar-refractivity contribution in [3.8, 4) is 6.07 Å². The lowest BCUT2D eigenvalue weighted by Crippen LogP contribution is -2.42. The summed E-state index contributed by atoms with van der Waals surface area (Å²) in [7, 11) is 0. The van der Waals surface area contributed by atoms with Gasteiger partial charge in [-0.25, -0.2) is 0 Å². The third kappa shape index (κ3) is 5.18. The molecule has 0 radical (unpaired) electrons. The van der Waals surface area contributed by atoms with Gasteiger partial charge in [0.25, 0.3) is 0 Å². The molecule has 2 amide bonds. The largest absolute Gasteiger partial charge is 0.347 e. The molecule has 0 saturated heterocycles. The molecule has 0 aliphatic rings. The second-order valence-electron chi connectivity index (χ2n) is 6.92. The summed E-state index contributed by atoms with van der Waals surface area (Å²) < 4.78 is 0. The van der Waals surface area contributed by atoms with E-state index in [0.717, 1.165) is 11.1 Å². The summed E-state index contributed by atoms with van der Waals surface area (Å²) >= 11 is 0. The van der Waals surface area contributed by atoms with Crippen molar-refractivity contribution in [2.45, 2.75) is 32.6 Å². The van der Waals surface area contributed by atoms with Crippen LogP contribution >= 0.6 is 0 Å². The van der Waals surface area contributed by atoms with Crippen molar-refractivity contribution in [2.24, 2.45) is 0 Å². The molecular formula is C21H23N3O2. The van der Waals surface area contributed by atoms with Gasteiger partial charge in [-0.1, -0.05) is 55.8 Å². The fourth-order valence-corrected chi connectivity index (χ4v) is 2.47. The van der Waals surface area contributed by atoms with Crippen LogP contribution in [0.4, 0.5) is 5.69 Å². The van der Waals surface area contributed by atoms with Crippen molar-refractivity contribution in [1.82, 2.24) is 5.32 Å².